The van der Waals surface area contributed by atoms with Crippen molar-refractivity contribution < 1.29 is 9.53 Å². The molecule has 0 saturated heterocycles. The van der Waals surface area contributed by atoms with E-state index in [9.17, 15) is 4.79 Å². The molecule has 0 aromatic carbocycles. The second-order valence-corrected chi connectivity index (χ2v) is 2.39. The van der Waals surface area contributed by atoms with Gasteiger partial charge in [0, 0.05) is 5.92 Å². The van der Waals surface area contributed by atoms with Gasteiger partial charge in [-0.15, -0.1) is 12.3 Å². The molecule has 0 aliphatic heterocycles. The Morgan fingerprint density at radius 1 is 1.70 bits per heavy atom. The van der Waals surface area contributed by atoms with E-state index < -0.39 is 6.09 Å². The fourth-order valence-electron chi connectivity index (χ4n) is 0.962. The lowest BCUT2D eigenvalue weighted by molar-refractivity contribution is 0.0396. The zero-order chi connectivity index (χ0) is 7.56. The molecule has 0 aromatic heterocycles. The van der Waals surface area contributed by atoms with Crippen LogP contribution >= 0.6 is 0 Å². The highest BCUT2D eigenvalue weighted by Crippen LogP contribution is 2.28. The van der Waals surface area contributed by atoms with Crippen molar-refractivity contribution in [3.8, 4) is 12.3 Å². The quantitative estimate of drug-likeness (QED) is 0.537. The van der Waals surface area contributed by atoms with Gasteiger partial charge in [-0.25, -0.2) is 4.79 Å². The van der Waals surface area contributed by atoms with Crippen molar-refractivity contribution in [3.05, 3.63) is 0 Å². The summed E-state index contributed by atoms with van der Waals surface area (Å²) in [4.78, 5) is 10.1. The van der Waals surface area contributed by atoms with E-state index in [0.29, 0.717) is 0 Å². The molecule has 54 valence electrons. The van der Waals surface area contributed by atoms with Crippen LogP contribution in [0.1, 0.15) is 12.8 Å². The third-order valence-electron chi connectivity index (χ3n) is 1.61. The van der Waals surface area contributed by atoms with Gasteiger partial charge in [0.1, 0.15) is 6.10 Å². The van der Waals surface area contributed by atoms with E-state index in [-0.39, 0.29) is 12.0 Å². The molecule has 1 amide bonds. The highest BCUT2D eigenvalue weighted by molar-refractivity contribution is 5.64. The smallest absolute Gasteiger partial charge is 0.404 e. The topological polar surface area (TPSA) is 52.3 Å². The van der Waals surface area contributed by atoms with Crippen LogP contribution in [0, 0.1) is 18.3 Å². The van der Waals surface area contributed by atoms with Crippen LogP contribution in [0.5, 0.6) is 0 Å². The molecule has 10 heavy (non-hydrogen) atoms. The fourth-order valence-corrected chi connectivity index (χ4v) is 0.962. The van der Waals surface area contributed by atoms with Gasteiger partial charge in [-0.3, -0.25) is 0 Å². The van der Waals surface area contributed by atoms with Gasteiger partial charge >= 0.3 is 6.09 Å². The summed E-state index contributed by atoms with van der Waals surface area (Å²) in [5.74, 6) is 2.85. The third kappa shape index (κ3) is 1.41. The molecule has 3 heteroatoms. The highest BCUT2D eigenvalue weighted by Gasteiger charge is 2.29. The van der Waals surface area contributed by atoms with Gasteiger partial charge in [-0.2, -0.15) is 0 Å². The number of carbonyl (C=O) groups is 1. The van der Waals surface area contributed by atoms with E-state index in [4.69, 9.17) is 12.2 Å². The minimum absolute atomic E-state index is 0.0291. The van der Waals surface area contributed by atoms with Crippen molar-refractivity contribution in [3.63, 3.8) is 0 Å². The molecule has 0 unspecified atom stereocenters. The van der Waals surface area contributed by atoms with Crippen LogP contribution < -0.4 is 5.73 Å². The maximum atomic E-state index is 10.1. The zero-order valence-electron chi connectivity index (χ0n) is 5.54. The van der Waals surface area contributed by atoms with Crippen molar-refractivity contribution >= 4 is 6.09 Å². The number of nitrogens with two attached hydrogens (primary N) is 1. The molecule has 1 fully saturated rings. The summed E-state index contributed by atoms with van der Waals surface area (Å²) in [7, 11) is 0. The first kappa shape index (κ1) is 6.94. The largest absolute Gasteiger partial charge is 0.446 e. The molecule has 2 N–H and O–H groups in total. The van der Waals surface area contributed by atoms with Crippen LogP contribution in [-0.4, -0.2) is 12.2 Å². The number of hydrogen-bond donors (Lipinski definition) is 1. The minimum Gasteiger partial charge on any atom is -0.446 e. The predicted octanol–water partition coefficient (Wildman–Crippen LogP) is 0.494. The number of amides is 1. The molecule has 0 radical (unpaired) electrons. The van der Waals surface area contributed by atoms with Crippen LogP contribution in [0.2, 0.25) is 0 Å². The van der Waals surface area contributed by atoms with Crippen molar-refractivity contribution in [2.24, 2.45) is 11.7 Å². The standard InChI is InChI=1S/C7H9NO2/c1-2-5-3-6(4-5)10-7(8)9/h1,5-6H,3-4H2,(H2,8,9). The summed E-state index contributed by atoms with van der Waals surface area (Å²) >= 11 is 0. The van der Waals surface area contributed by atoms with Gasteiger partial charge in [0.05, 0.1) is 0 Å². The van der Waals surface area contributed by atoms with E-state index in [1.165, 1.54) is 0 Å². The van der Waals surface area contributed by atoms with Crippen LogP contribution in [0.3, 0.4) is 0 Å². The van der Waals surface area contributed by atoms with Crippen LogP contribution in [0.4, 0.5) is 4.79 Å². The van der Waals surface area contributed by atoms with Gasteiger partial charge in [0.2, 0.25) is 0 Å². The fraction of sp³-hybridized carbons (Fsp3) is 0.571. The van der Waals surface area contributed by atoms with E-state index in [1.54, 1.807) is 0 Å². The second kappa shape index (κ2) is 2.61. The minimum atomic E-state index is -0.708. The summed E-state index contributed by atoms with van der Waals surface area (Å²) in [6, 6.07) is 0. The van der Waals surface area contributed by atoms with Gasteiger partial charge in [-0.05, 0) is 12.8 Å². The highest BCUT2D eigenvalue weighted by atomic mass is 16.6. The van der Waals surface area contributed by atoms with Gasteiger partial charge in [0.15, 0.2) is 0 Å². The number of hydrogen-bond acceptors (Lipinski definition) is 2. The normalized spacial score (nSPS) is 29.9. The number of carbonyl (C=O) groups excluding carboxylic acids is 1. The molecule has 0 atom stereocenters. The number of primary amides is 1. The van der Waals surface area contributed by atoms with E-state index in [2.05, 4.69) is 10.7 Å². The molecule has 1 aliphatic carbocycles. The first-order chi connectivity index (χ1) is 4.72. The molecule has 1 saturated carbocycles. The Hall–Kier alpha value is -1.17. The van der Waals surface area contributed by atoms with Gasteiger partial charge in [-0.1, -0.05) is 0 Å². The Morgan fingerprint density at radius 3 is 2.70 bits per heavy atom. The van der Waals surface area contributed by atoms with E-state index in [1.807, 2.05) is 0 Å². The summed E-state index contributed by atoms with van der Waals surface area (Å²) in [6.07, 6.45) is 5.89. The SMILES string of the molecule is C#CC1CC(OC(N)=O)C1. The maximum absolute atomic E-state index is 10.1. The Labute approximate surface area is 59.5 Å². The average molecular weight is 139 g/mol. The molecule has 1 aliphatic rings. The molecule has 0 spiro atoms. The van der Waals surface area contributed by atoms with Crippen LogP contribution in [0.15, 0.2) is 0 Å². The first-order valence-corrected chi connectivity index (χ1v) is 3.14. The number of ether oxygens (including phenoxy) is 1. The average Bonchev–Trinajstić information content (AvgIpc) is 1.76. The predicted molar refractivity (Wildman–Crippen MR) is 36.0 cm³/mol. The molecule has 0 bridgehead atoms. The van der Waals surface area contributed by atoms with Crippen molar-refractivity contribution in [2.45, 2.75) is 18.9 Å². The number of rotatable bonds is 1. The van der Waals surface area contributed by atoms with Crippen LogP contribution in [0.25, 0.3) is 0 Å². The molecule has 0 heterocycles. The number of terminal acetylenes is 1. The maximum Gasteiger partial charge on any atom is 0.404 e. The Morgan fingerprint density at radius 2 is 2.30 bits per heavy atom. The molecular formula is C7H9NO2. The summed E-state index contributed by atoms with van der Waals surface area (Å²) < 4.78 is 4.66. The summed E-state index contributed by atoms with van der Waals surface area (Å²) in [5.41, 5.74) is 4.78. The van der Waals surface area contributed by atoms with Gasteiger partial charge < -0.3 is 10.5 Å². The molecule has 0 aromatic rings. The Kier molecular flexibility index (Phi) is 1.81. The lowest BCUT2D eigenvalue weighted by atomic mass is 9.83. The third-order valence-corrected chi connectivity index (χ3v) is 1.61. The second-order valence-electron chi connectivity index (χ2n) is 2.39. The Balaban J connectivity index is 2.16. The van der Waals surface area contributed by atoms with Crippen molar-refractivity contribution in [1.82, 2.24) is 0 Å². The Bertz CT molecular complexity index is 177. The van der Waals surface area contributed by atoms with E-state index in [0.717, 1.165) is 12.8 Å². The molecule has 3 nitrogen and oxygen atoms in total. The van der Waals surface area contributed by atoms with Gasteiger partial charge in [0.25, 0.3) is 0 Å². The van der Waals surface area contributed by atoms with Crippen molar-refractivity contribution in [2.75, 3.05) is 0 Å². The lowest BCUT2D eigenvalue weighted by Gasteiger charge is -2.30. The zero-order valence-corrected chi connectivity index (χ0v) is 5.54. The van der Waals surface area contributed by atoms with E-state index >= 15 is 0 Å². The first-order valence-electron chi connectivity index (χ1n) is 3.14. The monoisotopic (exact) mass is 139 g/mol. The lowest BCUT2D eigenvalue weighted by Crippen LogP contribution is -2.34. The van der Waals surface area contributed by atoms with Crippen molar-refractivity contribution in [1.29, 1.82) is 0 Å². The van der Waals surface area contributed by atoms with Crippen LogP contribution in [-0.2, 0) is 4.74 Å². The molecular weight excluding hydrogens is 130 g/mol. The molecule has 1 rings (SSSR count). The summed E-state index contributed by atoms with van der Waals surface area (Å²) in [6.45, 7) is 0. The summed E-state index contributed by atoms with van der Waals surface area (Å²) in [5, 5.41) is 0.